The fourth-order valence-corrected chi connectivity index (χ4v) is 3.78. The molecule has 1 unspecified atom stereocenters. The monoisotopic (exact) mass is 441 g/mol. The number of alkyl halides is 1. The first kappa shape index (κ1) is 17.1. The Kier molecular flexibility index (Phi) is 5.27. The second-order valence-corrected chi connectivity index (χ2v) is 13.6. The van der Waals surface area contributed by atoms with Crippen molar-refractivity contribution in [1.29, 1.82) is 0 Å². The Bertz CT molecular complexity index is 544. The molecular weight excluding hydrogens is 421 g/mol. The fourth-order valence-electron chi connectivity index (χ4n) is 2.01. The van der Waals surface area contributed by atoms with Crippen LogP contribution in [0, 0.1) is 3.57 Å². The number of halogens is 2. The second kappa shape index (κ2) is 6.47. The van der Waals surface area contributed by atoms with Crippen molar-refractivity contribution in [2.24, 2.45) is 0 Å². The molecule has 0 radical (unpaired) electrons. The van der Waals surface area contributed by atoms with E-state index in [0.29, 0.717) is 12.3 Å². The zero-order valence-electron chi connectivity index (χ0n) is 12.7. The number of carbonyl (C=O) groups excluding carboxylic acids is 1. The fraction of sp³-hybridized carbons (Fsp3) is 0.615. The lowest BCUT2D eigenvalue weighted by molar-refractivity contribution is 0.0766. The van der Waals surface area contributed by atoms with Crippen LogP contribution in [-0.2, 0) is 11.5 Å². The zero-order valence-corrected chi connectivity index (χ0v) is 16.7. The molecule has 0 saturated heterocycles. The van der Waals surface area contributed by atoms with E-state index in [1.54, 1.807) is 7.05 Å². The number of nitrogens with one attached hydrogen (secondary N) is 1. The van der Waals surface area contributed by atoms with Crippen LogP contribution < -0.4 is 5.32 Å². The van der Waals surface area contributed by atoms with Gasteiger partial charge in [-0.3, -0.25) is 4.79 Å². The summed E-state index contributed by atoms with van der Waals surface area (Å²) in [5.74, 6) is 0.685. The normalized spacial score (nSPS) is 18.7. The lowest BCUT2D eigenvalue weighted by atomic mass is 10.2. The third-order valence-corrected chi connectivity index (χ3v) is 6.31. The highest BCUT2D eigenvalue weighted by Gasteiger charge is 2.32. The molecular formula is C13H21ClIN3O2Si. The van der Waals surface area contributed by atoms with Crippen molar-refractivity contribution >= 4 is 54.0 Å². The van der Waals surface area contributed by atoms with Crippen LogP contribution in [0.15, 0.2) is 6.20 Å². The SMILES string of the molecule is CN1C(=O)c2c(I)cn(COCC[Si](C)(C)C)c2NC1Cl. The van der Waals surface area contributed by atoms with Crippen LogP contribution in [-0.4, -0.2) is 42.7 Å². The van der Waals surface area contributed by atoms with Gasteiger partial charge >= 0.3 is 0 Å². The molecule has 1 aliphatic rings. The van der Waals surface area contributed by atoms with Gasteiger partial charge in [-0.25, -0.2) is 0 Å². The molecule has 118 valence electrons. The number of fused-ring (bicyclic) bond motifs is 1. The molecule has 0 aliphatic carbocycles. The van der Waals surface area contributed by atoms with Crippen LogP contribution in [0.3, 0.4) is 0 Å². The molecule has 0 bridgehead atoms. The number of hydrogen-bond acceptors (Lipinski definition) is 3. The largest absolute Gasteiger partial charge is 0.361 e. The molecule has 8 heteroatoms. The van der Waals surface area contributed by atoms with Gasteiger partial charge in [0.25, 0.3) is 5.91 Å². The molecule has 0 fully saturated rings. The summed E-state index contributed by atoms with van der Waals surface area (Å²) in [5.41, 5.74) is 0.139. The second-order valence-electron chi connectivity index (χ2n) is 6.41. The maximum atomic E-state index is 12.3. The molecule has 21 heavy (non-hydrogen) atoms. The van der Waals surface area contributed by atoms with Gasteiger partial charge in [0.1, 0.15) is 12.5 Å². The summed E-state index contributed by atoms with van der Waals surface area (Å²) in [6, 6.07) is 1.13. The van der Waals surface area contributed by atoms with Crippen molar-refractivity contribution in [1.82, 2.24) is 9.47 Å². The summed E-state index contributed by atoms with van der Waals surface area (Å²) in [6.07, 6.45) is 1.92. The van der Waals surface area contributed by atoms with Gasteiger partial charge in [-0.05, 0) is 28.6 Å². The number of nitrogens with zero attached hydrogens (tertiary/aromatic N) is 2. The summed E-state index contributed by atoms with van der Waals surface area (Å²) in [6.45, 7) is 8.15. The Labute approximate surface area is 145 Å². The first-order chi connectivity index (χ1) is 9.70. The minimum atomic E-state index is -1.08. The van der Waals surface area contributed by atoms with Gasteiger partial charge in [0, 0.05) is 31.5 Å². The van der Waals surface area contributed by atoms with E-state index in [-0.39, 0.29) is 5.91 Å². The number of ether oxygens (including phenoxy) is 1. The third kappa shape index (κ3) is 3.94. The van der Waals surface area contributed by atoms with Crippen molar-refractivity contribution in [3.8, 4) is 0 Å². The first-order valence-electron chi connectivity index (χ1n) is 6.85. The van der Waals surface area contributed by atoms with E-state index < -0.39 is 13.7 Å². The van der Waals surface area contributed by atoms with Gasteiger partial charge < -0.3 is 19.5 Å². The highest BCUT2D eigenvalue weighted by atomic mass is 127. The van der Waals surface area contributed by atoms with Crippen LogP contribution >= 0.6 is 34.2 Å². The summed E-state index contributed by atoms with van der Waals surface area (Å²) in [5, 5.41) is 3.14. The van der Waals surface area contributed by atoms with Crippen molar-refractivity contribution in [2.75, 3.05) is 19.0 Å². The van der Waals surface area contributed by atoms with Crippen molar-refractivity contribution in [2.45, 2.75) is 38.0 Å². The molecule has 1 amide bonds. The zero-order chi connectivity index (χ0) is 15.8. The minimum absolute atomic E-state index is 0.0611. The Morgan fingerprint density at radius 3 is 2.76 bits per heavy atom. The summed E-state index contributed by atoms with van der Waals surface area (Å²) in [4.78, 5) is 13.8. The predicted molar refractivity (Wildman–Crippen MR) is 96.6 cm³/mol. The topological polar surface area (TPSA) is 46.5 Å². The molecule has 0 spiro atoms. The highest BCUT2D eigenvalue weighted by molar-refractivity contribution is 14.1. The minimum Gasteiger partial charge on any atom is -0.361 e. The Hall–Kier alpha value is -0.253. The number of aromatic nitrogens is 1. The predicted octanol–water partition coefficient (Wildman–Crippen LogP) is 3.42. The number of carbonyl (C=O) groups is 1. The number of amides is 1. The van der Waals surface area contributed by atoms with Crippen molar-refractivity contribution < 1.29 is 9.53 Å². The Morgan fingerprint density at radius 2 is 2.14 bits per heavy atom. The maximum absolute atomic E-state index is 12.3. The lowest BCUT2D eigenvalue weighted by Gasteiger charge is -2.30. The molecule has 5 nitrogen and oxygen atoms in total. The molecule has 1 atom stereocenters. The Balaban J connectivity index is 2.08. The lowest BCUT2D eigenvalue weighted by Crippen LogP contribution is -2.43. The number of anilines is 1. The van der Waals surface area contributed by atoms with E-state index in [9.17, 15) is 4.79 Å². The average molecular weight is 442 g/mol. The van der Waals surface area contributed by atoms with Gasteiger partial charge in [-0.15, -0.1) is 0 Å². The van der Waals surface area contributed by atoms with Gasteiger partial charge in [0.2, 0.25) is 0 Å². The summed E-state index contributed by atoms with van der Waals surface area (Å²) < 4.78 is 8.58. The van der Waals surface area contributed by atoms with E-state index in [0.717, 1.165) is 22.0 Å². The molecule has 1 aliphatic heterocycles. The first-order valence-corrected chi connectivity index (χ1v) is 12.1. The molecule has 0 aromatic carbocycles. The average Bonchev–Trinajstić information content (AvgIpc) is 2.67. The van der Waals surface area contributed by atoms with Crippen LogP contribution in [0.5, 0.6) is 0 Å². The summed E-state index contributed by atoms with van der Waals surface area (Å²) >= 11 is 8.31. The van der Waals surface area contributed by atoms with E-state index in [1.807, 2.05) is 10.8 Å². The van der Waals surface area contributed by atoms with Crippen molar-refractivity contribution in [3.63, 3.8) is 0 Å². The quantitative estimate of drug-likeness (QED) is 0.250. The van der Waals surface area contributed by atoms with Crippen LogP contribution in [0.2, 0.25) is 25.7 Å². The van der Waals surface area contributed by atoms with Crippen molar-refractivity contribution in [3.05, 3.63) is 15.3 Å². The molecule has 1 N–H and O–H groups in total. The molecule has 1 aromatic rings. The smallest absolute Gasteiger partial charge is 0.260 e. The number of rotatable bonds is 5. The van der Waals surface area contributed by atoms with E-state index in [2.05, 4.69) is 47.5 Å². The van der Waals surface area contributed by atoms with Gasteiger partial charge in [0.15, 0.2) is 5.62 Å². The maximum Gasteiger partial charge on any atom is 0.260 e. The summed E-state index contributed by atoms with van der Waals surface area (Å²) in [7, 11) is 0.605. The molecule has 2 rings (SSSR count). The standard InChI is InChI=1S/C13H21ClIN3O2Si/c1-17-12(19)10-9(15)7-18(11(10)16-13(17)14)8-20-5-6-21(2,3)4/h7,13,16H,5-6,8H2,1-4H3. The Morgan fingerprint density at radius 1 is 1.48 bits per heavy atom. The number of hydrogen-bond donors (Lipinski definition) is 1. The molecule has 0 saturated carbocycles. The highest BCUT2D eigenvalue weighted by Crippen LogP contribution is 2.31. The van der Waals surface area contributed by atoms with Gasteiger partial charge in [0.05, 0.1) is 5.56 Å². The van der Waals surface area contributed by atoms with E-state index >= 15 is 0 Å². The van der Waals surface area contributed by atoms with Gasteiger partial charge in [-0.2, -0.15) is 0 Å². The van der Waals surface area contributed by atoms with E-state index in [4.69, 9.17) is 16.3 Å². The van der Waals surface area contributed by atoms with Gasteiger partial charge in [-0.1, -0.05) is 31.2 Å². The third-order valence-electron chi connectivity index (χ3n) is 3.39. The molecule has 2 heterocycles. The van der Waals surface area contributed by atoms with E-state index in [1.165, 1.54) is 4.90 Å². The molecule has 1 aromatic heterocycles. The van der Waals surface area contributed by atoms with Crippen LogP contribution in [0.1, 0.15) is 10.4 Å². The van der Waals surface area contributed by atoms with Crippen LogP contribution in [0.25, 0.3) is 0 Å². The van der Waals surface area contributed by atoms with Crippen LogP contribution in [0.4, 0.5) is 5.82 Å².